The highest BCUT2D eigenvalue weighted by Gasteiger charge is 2.44. The predicted molar refractivity (Wildman–Crippen MR) is 263 cm³/mol. The number of aliphatic hydroxyl groups is 1. The van der Waals surface area contributed by atoms with E-state index in [9.17, 15) is 38.7 Å². The number of unbranched alkanes of at least 4 members (excludes halogenated alkanes) is 2. The third-order valence-electron chi connectivity index (χ3n) is 14.6. The zero-order valence-corrected chi connectivity index (χ0v) is 43.7. The van der Waals surface area contributed by atoms with E-state index in [4.69, 9.17) is 9.47 Å². The van der Waals surface area contributed by atoms with Crippen LogP contribution in [0.1, 0.15) is 138 Å². The van der Waals surface area contributed by atoms with Crippen molar-refractivity contribution in [1.82, 2.24) is 19.6 Å². The maximum absolute atomic E-state index is 14.7. The molecule has 15 heteroatoms. The number of imide groups is 1. The lowest BCUT2D eigenvalue weighted by Crippen LogP contribution is -2.54. The Morgan fingerprint density at radius 1 is 0.836 bits per heavy atom. The number of carbonyl (C=O) groups excluding carboxylic acids is 7. The molecule has 2 aliphatic rings. The van der Waals surface area contributed by atoms with Crippen LogP contribution >= 0.6 is 11.8 Å². The summed E-state index contributed by atoms with van der Waals surface area (Å²) in [5.41, 5.74) is 0.755. The second-order valence-electron chi connectivity index (χ2n) is 19.9. The smallest absolute Gasteiger partial charge is 0.242 e. The number of aliphatic hydroxyl groups excluding tert-OH is 1. The Morgan fingerprint density at radius 3 is 2.04 bits per heavy atom. The van der Waals surface area contributed by atoms with E-state index < -0.39 is 42.2 Å². The highest BCUT2D eigenvalue weighted by atomic mass is 32.2. The zero-order chi connectivity index (χ0) is 50.3. The van der Waals surface area contributed by atoms with Crippen molar-refractivity contribution in [2.45, 2.75) is 168 Å². The minimum absolute atomic E-state index is 0.000711. The van der Waals surface area contributed by atoms with Gasteiger partial charge < -0.3 is 29.3 Å². The molecule has 3 rings (SSSR count). The van der Waals surface area contributed by atoms with Crippen molar-refractivity contribution in [3.05, 3.63) is 35.9 Å². The fourth-order valence-corrected chi connectivity index (χ4v) is 10.9. The van der Waals surface area contributed by atoms with Gasteiger partial charge in [0.05, 0.1) is 48.1 Å². The summed E-state index contributed by atoms with van der Waals surface area (Å²) in [4.78, 5) is 102. The summed E-state index contributed by atoms with van der Waals surface area (Å²) in [5, 5.41) is 10.6. The molecule has 2 saturated heterocycles. The van der Waals surface area contributed by atoms with Crippen molar-refractivity contribution in [3.63, 3.8) is 0 Å². The Morgan fingerprint density at radius 2 is 1.49 bits per heavy atom. The number of benzene rings is 1. The molecule has 5 amide bonds. The van der Waals surface area contributed by atoms with Crippen LogP contribution < -0.4 is 0 Å². The standard InChI is InChI=1S/C52H84N4O10S/c1-14-34(6)48(42(65-11)30-45(60)55-27-21-24-39(55)50(66-12)36(8)40(57)28-35(7)49(62)37-22-17-15-18-23-37)54(10)51(63)38(32(2)3)29-41(58)47(33(4)5)53(9)44(59)25-19-16-20-26-56-46(61)31-43(67-13)52(56)64/h15,17-18,22-23,32-36,38-39,42-43,47-50,62H,14,16,19-21,24-31H2,1-13H3/t34-,35-,36-,38-,39-,42+,43?,47-,48-,49?,50+/m0/s1. The van der Waals surface area contributed by atoms with Gasteiger partial charge in [0, 0.05) is 78.9 Å². The van der Waals surface area contributed by atoms with Crippen LogP contribution in [0, 0.1) is 35.5 Å². The lowest BCUT2D eigenvalue weighted by molar-refractivity contribution is -0.149. The van der Waals surface area contributed by atoms with Gasteiger partial charge in [-0.15, -0.1) is 0 Å². The van der Waals surface area contributed by atoms with Crippen molar-refractivity contribution in [2.24, 2.45) is 35.5 Å². The van der Waals surface area contributed by atoms with E-state index in [-0.39, 0.29) is 108 Å². The zero-order valence-electron chi connectivity index (χ0n) is 42.9. The number of ketones is 2. The van der Waals surface area contributed by atoms with Gasteiger partial charge >= 0.3 is 0 Å². The largest absolute Gasteiger partial charge is 0.388 e. The van der Waals surface area contributed by atoms with E-state index in [1.165, 1.54) is 21.6 Å². The Labute approximate surface area is 406 Å². The topological polar surface area (TPSA) is 171 Å². The summed E-state index contributed by atoms with van der Waals surface area (Å²) in [5.74, 6) is -3.11. The van der Waals surface area contributed by atoms with Gasteiger partial charge in [-0.3, -0.25) is 38.5 Å². The maximum atomic E-state index is 14.7. The van der Waals surface area contributed by atoms with Crippen LogP contribution in [0.5, 0.6) is 0 Å². The minimum Gasteiger partial charge on any atom is -0.388 e. The van der Waals surface area contributed by atoms with E-state index in [2.05, 4.69) is 0 Å². The van der Waals surface area contributed by atoms with Gasteiger partial charge in [-0.05, 0) is 61.2 Å². The molecule has 0 aromatic heterocycles. The average molecular weight is 957 g/mol. The second-order valence-corrected chi connectivity index (χ2v) is 21.0. The predicted octanol–water partition coefficient (Wildman–Crippen LogP) is 7.00. The summed E-state index contributed by atoms with van der Waals surface area (Å²) in [6, 6.07) is 7.71. The monoisotopic (exact) mass is 957 g/mol. The SMILES string of the molecule is CC[C@H](C)[C@@H]([C@@H](CC(=O)N1CCC[C@H]1[C@H](OC)[C@@H](C)C(=O)C[C@H](C)C(O)c1ccccc1)OC)N(C)C(=O)[C@@H](CC(=O)[C@H](C(C)C)N(C)C(=O)CCCCCN1C(=O)CC(SC)C1=O)C(C)C. The van der Waals surface area contributed by atoms with Crippen LogP contribution in [0.25, 0.3) is 0 Å². The summed E-state index contributed by atoms with van der Waals surface area (Å²) in [7, 11) is 6.49. The lowest BCUT2D eigenvalue weighted by Gasteiger charge is -2.41. The minimum atomic E-state index is -0.792. The van der Waals surface area contributed by atoms with Gasteiger partial charge in [0.15, 0.2) is 5.78 Å². The molecule has 378 valence electrons. The number of rotatable bonds is 29. The number of Topliss-reactive ketones (excluding diaryl/α,β-unsaturated/α-hetero) is 2. The molecule has 0 spiro atoms. The average Bonchev–Trinajstić information content (AvgIpc) is 3.90. The first-order valence-electron chi connectivity index (χ1n) is 24.7. The first kappa shape index (κ1) is 57.7. The third kappa shape index (κ3) is 15.2. The first-order valence-corrected chi connectivity index (χ1v) is 26.0. The molecule has 0 aliphatic carbocycles. The fourth-order valence-electron chi connectivity index (χ4n) is 10.3. The molecule has 67 heavy (non-hydrogen) atoms. The van der Waals surface area contributed by atoms with Crippen LogP contribution in [-0.2, 0) is 43.0 Å². The molecule has 2 fully saturated rings. The summed E-state index contributed by atoms with van der Waals surface area (Å²) >= 11 is 1.38. The van der Waals surface area contributed by atoms with E-state index in [0.717, 1.165) is 12.0 Å². The number of hydrogen-bond acceptors (Lipinski definition) is 11. The first-order chi connectivity index (χ1) is 31.7. The summed E-state index contributed by atoms with van der Waals surface area (Å²) in [6.07, 6.45) is 4.26. The number of amides is 5. The van der Waals surface area contributed by atoms with Crippen LogP contribution in [0.3, 0.4) is 0 Å². The molecule has 1 aromatic carbocycles. The van der Waals surface area contributed by atoms with Crippen molar-refractivity contribution in [2.75, 3.05) is 47.7 Å². The van der Waals surface area contributed by atoms with Crippen LogP contribution in [0.2, 0.25) is 0 Å². The molecule has 0 radical (unpaired) electrons. The van der Waals surface area contributed by atoms with Crippen LogP contribution in [0.4, 0.5) is 0 Å². The van der Waals surface area contributed by atoms with E-state index >= 15 is 0 Å². The molecule has 2 aliphatic heterocycles. The number of carbonyl (C=O) groups is 7. The van der Waals surface area contributed by atoms with Gasteiger partial charge in [0.1, 0.15) is 5.78 Å². The molecular weight excluding hydrogens is 873 g/mol. The number of likely N-dealkylation sites (N-methyl/N-ethyl adjacent to an activating group) is 2. The molecule has 0 bridgehead atoms. The van der Waals surface area contributed by atoms with Crippen molar-refractivity contribution in [3.8, 4) is 0 Å². The summed E-state index contributed by atoms with van der Waals surface area (Å²) in [6.45, 7) is 16.2. The molecule has 2 unspecified atom stereocenters. The molecule has 1 aromatic rings. The van der Waals surface area contributed by atoms with Crippen molar-refractivity contribution in [1.29, 1.82) is 0 Å². The van der Waals surface area contributed by atoms with E-state index in [0.29, 0.717) is 45.2 Å². The molecule has 2 heterocycles. The number of likely N-dealkylation sites (tertiary alicyclic amines) is 2. The Kier molecular flexibility index (Phi) is 23.7. The van der Waals surface area contributed by atoms with Crippen molar-refractivity contribution >= 4 is 52.9 Å². The Balaban J connectivity index is 1.69. The number of hydrogen-bond donors (Lipinski definition) is 1. The molecule has 11 atom stereocenters. The van der Waals surface area contributed by atoms with Gasteiger partial charge in [-0.1, -0.05) is 98.6 Å². The van der Waals surface area contributed by atoms with Crippen molar-refractivity contribution < 1.29 is 48.1 Å². The molecular formula is C52H84N4O10S. The van der Waals surface area contributed by atoms with Gasteiger partial charge in [-0.25, -0.2) is 0 Å². The fraction of sp³-hybridized carbons (Fsp3) is 0.750. The quantitative estimate of drug-likeness (QED) is 0.0648. The number of methoxy groups -OCH3 is 2. The summed E-state index contributed by atoms with van der Waals surface area (Å²) < 4.78 is 12.1. The number of nitrogens with zero attached hydrogens (tertiary/aromatic N) is 4. The van der Waals surface area contributed by atoms with E-state index in [1.54, 1.807) is 38.1 Å². The van der Waals surface area contributed by atoms with Gasteiger partial charge in [-0.2, -0.15) is 11.8 Å². The molecule has 14 nitrogen and oxygen atoms in total. The van der Waals surface area contributed by atoms with Crippen LogP contribution in [-0.4, -0.2) is 149 Å². The lowest BCUT2D eigenvalue weighted by atomic mass is 9.83. The highest BCUT2D eigenvalue weighted by Crippen LogP contribution is 2.33. The molecule has 0 saturated carbocycles. The normalized spacial score (nSPS) is 20.6. The van der Waals surface area contributed by atoms with Gasteiger partial charge in [0.25, 0.3) is 0 Å². The molecule has 1 N–H and O–H groups in total. The second kappa shape index (κ2) is 27.5. The maximum Gasteiger partial charge on any atom is 0.242 e. The third-order valence-corrected chi connectivity index (χ3v) is 15.6. The number of thioether (sulfide) groups is 1. The van der Waals surface area contributed by atoms with Crippen LogP contribution in [0.15, 0.2) is 30.3 Å². The Hall–Kier alpha value is -3.66. The highest BCUT2D eigenvalue weighted by molar-refractivity contribution is 8.00. The number of ether oxygens (including phenoxy) is 2. The van der Waals surface area contributed by atoms with E-state index in [1.807, 2.05) is 92.0 Å². The Bertz CT molecular complexity index is 1800. The van der Waals surface area contributed by atoms with Gasteiger partial charge in [0.2, 0.25) is 29.5 Å².